The van der Waals surface area contributed by atoms with Crippen LogP contribution >= 0.6 is 11.6 Å². The SMILES string of the molecule is COc1ccc(C(=O)[C@@H]2[C@H](C(=O)C(C)(C)C)N3c4ccc(Cl)cc4C=C[C@@H]3[C@@]23C(=O)Nc2ccccc23)cc1. The van der Waals surface area contributed by atoms with Gasteiger partial charge in [0.05, 0.1) is 19.1 Å². The second kappa shape index (κ2) is 8.82. The number of methoxy groups -OCH3 is 1. The Bertz CT molecular complexity index is 1560. The number of nitrogens with one attached hydrogen (secondary N) is 1. The fourth-order valence-corrected chi connectivity index (χ4v) is 6.71. The first kappa shape index (κ1) is 25.4. The molecule has 1 fully saturated rings. The molecule has 1 spiro atoms. The summed E-state index contributed by atoms with van der Waals surface area (Å²) in [5.41, 5.74) is 1.32. The highest BCUT2D eigenvalue weighted by molar-refractivity contribution is 6.31. The number of para-hydroxylation sites is 1. The fraction of sp³-hybridized carbons (Fsp3) is 0.281. The molecule has 198 valence electrons. The summed E-state index contributed by atoms with van der Waals surface area (Å²) in [6, 6.07) is 18.4. The highest BCUT2D eigenvalue weighted by atomic mass is 35.5. The molecule has 0 unspecified atom stereocenters. The molecule has 3 aromatic rings. The van der Waals surface area contributed by atoms with Crippen LogP contribution in [0.2, 0.25) is 5.02 Å². The van der Waals surface area contributed by atoms with Gasteiger partial charge in [-0.05, 0) is 59.7 Å². The first-order valence-corrected chi connectivity index (χ1v) is 13.4. The third-order valence-corrected chi connectivity index (χ3v) is 8.49. The maximum absolute atomic E-state index is 14.7. The summed E-state index contributed by atoms with van der Waals surface area (Å²) < 4.78 is 5.30. The maximum atomic E-state index is 14.7. The van der Waals surface area contributed by atoms with E-state index in [0.29, 0.717) is 22.0 Å². The number of nitrogens with zero attached hydrogens (tertiary/aromatic N) is 1. The number of hydrogen-bond acceptors (Lipinski definition) is 5. The van der Waals surface area contributed by atoms with Crippen molar-refractivity contribution in [1.82, 2.24) is 0 Å². The highest BCUT2D eigenvalue weighted by Crippen LogP contribution is 2.58. The summed E-state index contributed by atoms with van der Waals surface area (Å²) in [4.78, 5) is 45.3. The summed E-state index contributed by atoms with van der Waals surface area (Å²) in [6.45, 7) is 5.57. The molecule has 39 heavy (non-hydrogen) atoms. The van der Waals surface area contributed by atoms with Crippen molar-refractivity contribution in [1.29, 1.82) is 0 Å². The third-order valence-electron chi connectivity index (χ3n) is 8.26. The van der Waals surface area contributed by atoms with Gasteiger partial charge in [0.15, 0.2) is 11.6 Å². The number of carbonyl (C=O) groups excluding carboxylic acids is 3. The van der Waals surface area contributed by atoms with Crippen molar-refractivity contribution >= 4 is 46.5 Å². The van der Waals surface area contributed by atoms with Crippen molar-refractivity contribution in [3.63, 3.8) is 0 Å². The van der Waals surface area contributed by atoms with Gasteiger partial charge >= 0.3 is 0 Å². The van der Waals surface area contributed by atoms with Crippen molar-refractivity contribution in [3.8, 4) is 5.75 Å². The van der Waals surface area contributed by atoms with Crippen molar-refractivity contribution in [2.45, 2.75) is 38.3 Å². The van der Waals surface area contributed by atoms with Gasteiger partial charge in [0.25, 0.3) is 0 Å². The minimum atomic E-state index is -1.33. The largest absolute Gasteiger partial charge is 0.497 e. The Balaban J connectivity index is 1.66. The highest BCUT2D eigenvalue weighted by Gasteiger charge is 2.70. The van der Waals surface area contributed by atoms with Crippen LogP contribution in [0, 0.1) is 11.3 Å². The van der Waals surface area contributed by atoms with Crippen molar-refractivity contribution in [3.05, 3.63) is 94.5 Å². The lowest BCUT2D eigenvalue weighted by atomic mass is 9.63. The van der Waals surface area contributed by atoms with Crippen LogP contribution in [0.1, 0.15) is 42.3 Å². The van der Waals surface area contributed by atoms with Gasteiger partial charge in [-0.25, -0.2) is 0 Å². The number of fused-ring (bicyclic) bond motifs is 6. The van der Waals surface area contributed by atoms with Gasteiger partial charge in [-0.3, -0.25) is 14.4 Å². The van der Waals surface area contributed by atoms with Gasteiger partial charge < -0.3 is 15.0 Å². The van der Waals surface area contributed by atoms with Crippen LogP contribution in [0.3, 0.4) is 0 Å². The smallest absolute Gasteiger partial charge is 0.238 e. The van der Waals surface area contributed by atoms with Gasteiger partial charge in [0, 0.05) is 27.4 Å². The number of ketones is 2. The second-order valence-electron chi connectivity index (χ2n) is 11.4. The van der Waals surface area contributed by atoms with Crippen LogP contribution < -0.4 is 15.0 Å². The predicted octanol–water partition coefficient (Wildman–Crippen LogP) is 5.94. The molecule has 6 nitrogen and oxygen atoms in total. The monoisotopic (exact) mass is 540 g/mol. The summed E-state index contributed by atoms with van der Waals surface area (Å²) in [5.74, 6) is -1.02. The molecular formula is C32H29ClN2O4. The zero-order valence-corrected chi connectivity index (χ0v) is 23.0. The van der Waals surface area contributed by atoms with Gasteiger partial charge in [-0.2, -0.15) is 0 Å². The number of hydrogen-bond donors (Lipinski definition) is 1. The van der Waals surface area contributed by atoms with E-state index >= 15 is 0 Å². The predicted molar refractivity (Wildman–Crippen MR) is 153 cm³/mol. The second-order valence-corrected chi connectivity index (χ2v) is 11.8. The molecule has 0 bridgehead atoms. The number of carbonyl (C=O) groups is 3. The lowest BCUT2D eigenvalue weighted by Gasteiger charge is -2.38. The Hall–Kier alpha value is -3.90. The molecule has 4 atom stereocenters. The zero-order chi connectivity index (χ0) is 27.7. The van der Waals surface area contributed by atoms with Crippen molar-refractivity contribution in [2.24, 2.45) is 11.3 Å². The number of ether oxygens (including phenoxy) is 1. The lowest BCUT2D eigenvalue weighted by Crippen LogP contribution is -2.51. The van der Waals surface area contributed by atoms with E-state index < -0.39 is 28.8 Å². The Morgan fingerprint density at radius 3 is 2.44 bits per heavy atom. The van der Waals surface area contributed by atoms with Crippen molar-refractivity contribution < 1.29 is 19.1 Å². The standard InChI is InChI=1S/C32H29ClN2O4/c1-31(2,3)29(37)27-26(28(36)18-9-13-21(39-4)14-10-18)32(22-7-5-6-8-23(22)34-30(32)38)25-16-11-19-17-20(33)12-15-24(19)35(25)27/h5-17,25-27H,1-4H3,(H,34,38)/t25-,26+,27-,32-/m1/s1. The summed E-state index contributed by atoms with van der Waals surface area (Å²) >= 11 is 6.34. The molecule has 0 radical (unpaired) electrons. The molecule has 0 aromatic heterocycles. The number of rotatable bonds is 4. The van der Waals surface area contributed by atoms with E-state index in [9.17, 15) is 14.4 Å². The van der Waals surface area contributed by atoms with Gasteiger partial charge in [0.2, 0.25) is 5.91 Å². The normalized spacial score (nSPS) is 24.7. The van der Waals surface area contributed by atoms with Crippen LogP contribution in [0.4, 0.5) is 11.4 Å². The number of benzene rings is 3. The molecule has 3 aliphatic rings. The van der Waals surface area contributed by atoms with Crippen LogP contribution in [0.5, 0.6) is 5.75 Å². The summed E-state index contributed by atoms with van der Waals surface area (Å²) in [5, 5.41) is 3.61. The first-order valence-electron chi connectivity index (χ1n) is 13.0. The van der Waals surface area contributed by atoms with E-state index in [1.54, 1.807) is 37.4 Å². The van der Waals surface area contributed by atoms with Crippen LogP contribution in [0.25, 0.3) is 6.08 Å². The van der Waals surface area contributed by atoms with Gasteiger partial charge in [-0.15, -0.1) is 0 Å². The van der Waals surface area contributed by atoms with E-state index in [1.165, 1.54) is 0 Å². The third kappa shape index (κ3) is 3.58. The zero-order valence-electron chi connectivity index (χ0n) is 22.2. The van der Waals surface area contributed by atoms with Crippen LogP contribution in [-0.2, 0) is 15.0 Å². The summed E-state index contributed by atoms with van der Waals surface area (Å²) in [6.07, 6.45) is 3.89. The molecule has 0 saturated carbocycles. The number of Topliss-reactive ketones (excluding diaryl/α,β-unsaturated/α-hetero) is 2. The number of halogens is 1. The summed E-state index contributed by atoms with van der Waals surface area (Å²) in [7, 11) is 1.56. The van der Waals surface area contributed by atoms with Crippen molar-refractivity contribution in [2.75, 3.05) is 17.3 Å². The van der Waals surface area contributed by atoms with E-state index in [-0.39, 0.29) is 17.5 Å². The molecule has 3 heterocycles. The molecule has 1 amide bonds. The minimum absolute atomic E-state index is 0.107. The van der Waals surface area contributed by atoms with E-state index in [1.807, 2.05) is 74.2 Å². The van der Waals surface area contributed by atoms with Crippen LogP contribution in [0.15, 0.2) is 72.8 Å². The maximum Gasteiger partial charge on any atom is 0.238 e. The van der Waals surface area contributed by atoms with Gasteiger partial charge in [0.1, 0.15) is 17.2 Å². The van der Waals surface area contributed by atoms with Crippen LogP contribution in [-0.4, -0.2) is 36.7 Å². The fourth-order valence-electron chi connectivity index (χ4n) is 6.53. The minimum Gasteiger partial charge on any atom is -0.497 e. The average Bonchev–Trinajstić information content (AvgIpc) is 3.39. The molecule has 7 heteroatoms. The first-order chi connectivity index (χ1) is 18.6. The van der Waals surface area contributed by atoms with Gasteiger partial charge in [-0.1, -0.05) is 62.7 Å². The Morgan fingerprint density at radius 1 is 1.03 bits per heavy atom. The Labute approximate surface area is 232 Å². The molecule has 3 aromatic carbocycles. The molecule has 0 aliphatic carbocycles. The molecule has 1 saturated heterocycles. The Kier molecular flexibility index (Phi) is 5.74. The Morgan fingerprint density at radius 2 is 1.74 bits per heavy atom. The molecular weight excluding hydrogens is 512 g/mol. The number of amides is 1. The quantitative estimate of drug-likeness (QED) is 0.415. The molecule has 3 aliphatic heterocycles. The van der Waals surface area contributed by atoms with E-state index in [0.717, 1.165) is 16.8 Å². The average molecular weight is 541 g/mol. The van der Waals surface area contributed by atoms with E-state index in [2.05, 4.69) is 5.32 Å². The molecule has 6 rings (SSSR count). The topological polar surface area (TPSA) is 75.7 Å². The lowest BCUT2D eigenvalue weighted by molar-refractivity contribution is -0.128. The number of anilines is 2. The van der Waals surface area contributed by atoms with E-state index in [4.69, 9.17) is 16.3 Å². The molecule has 1 N–H and O–H groups in total.